The molecule has 13 heavy (non-hydrogen) atoms. The summed E-state index contributed by atoms with van der Waals surface area (Å²) in [5, 5.41) is 16.8. The summed E-state index contributed by atoms with van der Waals surface area (Å²) in [6.07, 6.45) is -5.12. The quantitative estimate of drug-likeness (QED) is 0.613. The number of hydrogen-bond donors (Lipinski definition) is 2. The summed E-state index contributed by atoms with van der Waals surface area (Å²) in [7, 11) is 0. The van der Waals surface area contributed by atoms with Crippen molar-refractivity contribution in [3.63, 3.8) is 0 Å². The Morgan fingerprint density at radius 2 is 1.85 bits per heavy atom. The summed E-state index contributed by atoms with van der Waals surface area (Å²) < 4.78 is 51.2. The second-order valence-electron chi connectivity index (χ2n) is 2.41. The van der Waals surface area contributed by atoms with Gasteiger partial charge in [-0.3, -0.25) is 0 Å². The molecule has 7 heteroatoms. The van der Waals surface area contributed by atoms with E-state index in [9.17, 15) is 17.6 Å². The lowest BCUT2D eigenvalue weighted by Crippen LogP contribution is -2.34. The Morgan fingerprint density at radius 1 is 1.31 bits per heavy atom. The molecule has 3 nitrogen and oxygen atoms in total. The Balaban J connectivity index is 3.63. The van der Waals surface area contributed by atoms with Gasteiger partial charge in [0, 0.05) is 0 Å². The molecule has 0 radical (unpaired) electrons. The van der Waals surface area contributed by atoms with Crippen LogP contribution in [0.2, 0.25) is 0 Å². The number of aliphatic hydroxyl groups is 2. The van der Waals surface area contributed by atoms with Gasteiger partial charge in [-0.15, -0.1) is 0 Å². The topological polar surface area (TPSA) is 49.7 Å². The minimum atomic E-state index is -4.21. The number of halogens is 4. The van der Waals surface area contributed by atoms with E-state index in [-0.39, 0.29) is 0 Å². The van der Waals surface area contributed by atoms with Crippen LogP contribution in [0.5, 0.6) is 0 Å². The Morgan fingerprint density at radius 3 is 2.23 bits per heavy atom. The standard InChI is InChI=1S/C6H10F4O3/c7-5(8)6(9,10)3-13-2-4(12)1-11/h4-5,11-12H,1-3H2. The molecule has 0 spiro atoms. The third kappa shape index (κ3) is 5.02. The summed E-state index contributed by atoms with van der Waals surface area (Å²) in [6, 6.07) is 0. The zero-order chi connectivity index (χ0) is 10.5. The van der Waals surface area contributed by atoms with Gasteiger partial charge in [0.2, 0.25) is 0 Å². The molecule has 0 aliphatic heterocycles. The molecule has 0 saturated heterocycles. The molecule has 0 aliphatic rings. The molecule has 0 bridgehead atoms. The zero-order valence-electron chi connectivity index (χ0n) is 6.59. The Labute approximate surface area is 71.9 Å². The smallest absolute Gasteiger partial charge is 0.330 e. The minimum Gasteiger partial charge on any atom is -0.394 e. The van der Waals surface area contributed by atoms with Crippen LogP contribution in [-0.2, 0) is 4.74 Å². The fraction of sp³-hybridized carbons (Fsp3) is 1.00. The molecule has 1 unspecified atom stereocenters. The predicted octanol–water partition coefficient (Wildman–Crippen LogP) is 0.257. The van der Waals surface area contributed by atoms with Crippen LogP contribution in [0.4, 0.5) is 17.6 Å². The monoisotopic (exact) mass is 206 g/mol. The first kappa shape index (κ1) is 12.6. The number of alkyl halides is 4. The van der Waals surface area contributed by atoms with Gasteiger partial charge in [0.1, 0.15) is 12.7 Å². The van der Waals surface area contributed by atoms with E-state index >= 15 is 0 Å². The molecule has 0 aliphatic carbocycles. The van der Waals surface area contributed by atoms with Crippen LogP contribution in [0.3, 0.4) is 0 Å². The van der Waals surface area contributed by atoms with E-state index < -0.39 is 38.3 Å². The third-order valence-corrected chi connectivity index (χ3v) is 1.13. The summed E-state index contributed by atoms with van der Waals surface area (Å²) in [5.74, 6) is -4.21. The van der Waals surface area contributed by atoms with Crippen molar-refractivity contribution in [2.75, 3.05) is 19.8 Å². The minimum absolute atomic E-state index is 0.598. The lowest BCUT2D eigenvalue weighted by Gasteiger charge is -2.16. The maximum absolute atomic E-state index is 12.1. The summed E-state index contributed by atoms with van der Waals surface area (Å²) in [4.78, 5) is 0. The van der Waals surface area contributed by atoms with Crippen molar-refractivity contribution >= 4 is 0 Å². The number of rotatable bonds is 6. The summed E-state index contributed by atoms with van der Waals surface area (Å²) in [5.41, 5.74) is 0. The molecule has 0 heterocycles. The fourth-order valence-electron chi connectivity index (χ4n) is 0.447. The molecule has 0 aromatic carbocycles. The summed E-state index contributed by atoms with van der Waals surface area (Å²) in [6.45, 7) is -2.74. The van der Waals surface area contributed by atoms with Crippen LogP contribution >= 0.6 is 0 Å². The van der Waals surface area contributed by atoms with Gasteiger partial charge < -0.3 is 14.9 Å². The molecule has 2 N–H and O–H groups in total. The summed E-state index contributed by atoms with van der Waals surface area (Å²) >= 11 is 0. The van der Waals surface area contributed by atoms with Gasteiger partial charge in [0.25, 0.3) is 0 Å². The highest BCUT2D eigenvalue weighted by atomic mass is 19.3. The normalized spacial score (nSPS) is 15.0. The van der Waals surface area contributed by atoms with Gasteiger partial charge in [-0.25, -0.2) is 8.78 Å². The molecule has 0 fully saturated rings. The maximum atomic E-state index is 12.1. The number of hydrogen-bond acceptors (Lipinski definition) is 3. The number of ether oxygens (including phenoxy) is 1. The maximum Gasteiger partial charge on any atom is 0.330 e. The first-order valence-electron chi connectivity index (χ1n) is 3.42. The van der Waals surface area contributed by atoms with Crippen molar-refractivity contribution in [3.8, 4) is 0 Å². The Kier molecular flexibility index (Phi) is 5.19. The molecule has 0 rings (SSSR count). The lowest BCUT2D eigenvalue weighted by molar-refractivity contribution is -0.171. The van der Waals surface area contributed by atoms with Gasteiger partial charge in [-0.05, 0) is 0 Å². The van der Waals surface area contributed by atoms with Gasteiger partial charge >= 0.3 is 12.3 Å². The van der Waals surface area contributed by atoms with Crippen LogP contribution in [0.25, 0.3) is 0 Å². The van der Waals surface area contributed by atoms with Crippen LogP contribution in [-0.4, -0.2) is 48.5 Å². The predicted molar refractivity (Wildman–Crippen MR) is 34.9 cm³/mol. The van der Waals surface area contributed by atoms with E-state index in [1.807, 2.05) is 0 Å². The van der Waals surface area contributed by atoms with Crippen LogP contribution in [0.1, 0.15) is 0 Å². The van der Waals surface area contributed by atoms with Crippen molar-refractivity contribution in [3.05, 3.63) is 0 Å². The lowest BCUT2D eigenvalue weighted by atomic mass is 10.3. The largest absolute Gasteiger partial charge is 0.394 e. The van der Waals surface area contributed by atoms with E-state index in [4.69, 9.17) is 10.2 Å². The van der Waals surface area contributed by atoms with Crippen molar-refractivity contribution in [1.29, 1.82) is 0 Å². The third-order valence-electron chi connectivity index (χ3n) is 1.13. The van der Waals surface area contributed by atoms with Gasteiger partial charge in [-0.2, -0.15) is 8.78 Å². The van der Waals surface area contributed by atoms with Gasteiger partial charge in [0.15, 0.2) is 0 Å². The van der Waals surface area contributed by atoms with Crippen molar-refractivity contribution in [2.24, 2.45) is 0 Å². The van der Waals surface area contributed by atoms with E-state index in [1.165, 1.54) is 0 Å². The highest BCUT2D eigenvalue weighted by Crippen LogP contribution is 2.22. The van der Waals surface area contributed by atoms with Crippen LogP contribution in [0, 0.1) is 0 Å². The fourth-order valence-corrected chi connectivity index (χ4v) is 0.447. The highest BCUT2D eigenvalue weighted by molar-refractivity contribution is 4.68. The zero-order valence-corrected chi connectivity index (χ0v) is 6.59. The van der Waals surface area contributed by atoms with Crippen LogP contribution < -0.4 is 0 Å². The molecule has 0 aromatic rings. The molecule has 1 atom stereocenters. The first-order valence-corrected chi connectivity index (χ1v) is 3.42. The highest BCUT2D eigenvalue weighted by Gasteiger charge is 2.40. The average molecular weight is 206 g/mol. The average Bonchev–Trinajstić information content (AvgIpc) is 2.03. The Bertz CT molecular complexity index is 142. The second kappa shape index (κ2) is 5.36. The molecular formula is C6H10F4O3. The SMILES string of the molecule is OCC(O)COCC(F)(F)C(F)F. The van der Waals surface area contributed by atoms with Gasteiger partial charge in [0.05, 0.1) is 13.2 Å². The molecule has 0 amide bonds. The van der Waals surface area contributed by atoms with E-state index in [0.717, 1.165) is 0 Å². The van der Waals surface area contributed by atoms with E-state index in [0.29, 0.717) is 0 Å². The molecule has 0 saturated carbocycles. The van der Waals surface area contributed by atoms with Crippen LogP contribution in [0.15, 0.2) is 0 Å². The second-order valence-corrected chi connectivity index (χ2v) is 2.41. The Hall–Kier alpha value is -0.400. The number of aliphatic hydroxyl groups excluding tert-OH is 2. The van der Waals surface area contributed by atoms with Crippen molar-refractivity contribution in [1.82, 2.24) is 0 Å². The van der Waals surface area contributed by atoms with Gasteiger partial charge in [-0.1, -0.05) is 0 Å². The van der Waals surface area contributed by atoms with Crippen molar-refractivity contribution < 1.29 is 32.5 Å². The van der Waals surface area contributed by atoms with E-state index in [2.05, 4.69) is 4.74 Å². The first-order chi connectivity index (χ1) is 5.90. The van der Waals surface area contributed by atoms with E-state index in [1.54, 1.807) is 0 Å². The van der Waals surface area contributed by atoms with Crippen molar-refractivity contribution in [2.45, 2.75) is 18.5 Å². The molecule has 0 aromatic heterocycles. The molecule has 80 valence electrons. The molecular weight excluding hydrogens is 196 g/mol.